The molecule has 3 aromatic rings. The summed E-state index contributed by atoms with van der Waals surface area (Å²) in [4.78, 5) is 20.2. The van der Waals surface area contributed by atoms with E-state index in [9.17, 15) is 9.18 Å². The number of ether oxygens (including phenoxy) is 2. The normalized spacial score (nSPS) is 18.5. The van der Waals surface area contributed by atoms with Gasteiger partial charge in [0.15, 0.2) is 11.6 Å². The number of benzene rings is 2. The summed E-state index contributed by atoms with van der Waals surface area (Å²) >= 11 is 0. The Labute approximate surface area is 214 Å². The smallest absolute Gasteiger partial charge is 0.311 e. The van der Waals surface area contributed by atoms with Gasteiger partial charge in [0.2, 0.25) is 0 Å². The van der Waals surface area contributed by atoms with Gasteiger partial charge in [0.25, 0.3) is 0 Å². The third-order valence-corrected chi connectivity index (χ3v) is 6.65. The maximum atomic E-state index is 14.8. The fourth-order valence-corrected chi connectivity index (χ4v) is 4.86. The Morgan fingerprint density at radius 3 is 2.86 bits per heavy atom. The molecule has 1 fully saturated rings. The number of rotatable bonds is 10. The topological polar surface area (TPSA) is 130 Å². The number of carbonyl (C=O) groups excluding carboxylic acids is 1. The molecule has 11 heteroatoms. The number of hydrogen-bond donors (Lipinski definition) is 3. The molecule has 0 spiro atoms. The van der Waals surface area contributed by atoms with Gasteiger partial charge < -0.3 is 25.6 Å². The molecule has 0 amide bonds. The largest absolute Gasteiger partial charge is 0.494 e. The molecule has 0 saturated heterocycles. The van der Waals surface area contributed by atoms with Crippen LogP contribution >= 0.6 is 0 Å². The molecule has 1 heterocycles. The number of H-pyrrole nitrogens is 1. The van der Waals surface area contributed by atoms with E-state index in [-0.39, 0.29) is 24.4 Å². The number of nitrogens with one attached hydrogen (secondary N) is 2. The molecule has 0 radical (unpaired) electrons. The summed E-state index contributed by atoms with van der Waals surface area (Å²) < 4.78 is 25.3. The molecule has 0 aliphatic heterocycles. The highest BCUT2D eigenvalue weighted by molar-refractivity contribution is 5.79. The molecule has 1 saturated carbocycles. The van der Waals surface area contributed by atoms with Crippen molar-refractivity contribution in [3.63, 3.8) is 0 Å². The number of halogens is 1. The molecule has 3 unspecified atom stereocenters. The van der Waals surface area contributed by atoms with E-state index in [1.165, 1.54) is 13.2 Å². The summed E-state index contributed by atoms with van der Waals surface area (Å²) in [6.45, 7) is 6.37. The van der Waals surface area contributed by atoms with Crippen LogP contribution in [0.3, 0.4) is 0 Å². The summed E-state index contributed by atoms with van der Waals surface area (Å²) in [7, 11) is 1.41. The minimum absolute atomic E-state index is 0.124. The number of aromatic nitrogens is 2. The van der Waals surface area contributed by atoms with Crippen molar-refractivity contribution < 1.29 is 18.7 Å². The van der Waals surface area contributed by atoms with Gasteiger partial charge in [0.05, 0.1) is 54.8 Å². The number of methoxy groups -OCH3 is 1. The molecular weight excluding hydrogens is 477 g/mol. The van der Waals surface area contributed by atoms with Crippen LogP contribution in [0.4, 0.5) is 10.1 Å². The van der Waals surface area contributed by atoms with Crippen LogP contribution in [0.25, 0.3) is 11.0 Å². The van der Waals surface area contributed by atoms with Gasteiger partial charge in [-0.05, 0) is 60.9 Å². The number of hydrogen-bond acceptors (Lipinski definition) is 7. The molecular formula is C26H32FN7O3. The van der Waals surface area contributed by atoms with Crippen LogP contribution in [0.2, 0.25) is 0 Å². The van der Waals surface area contributed by atoms with Gasteiger partial charge in [-0.3, -0.25) is 4.79 Å². The third-order valence-electron chi connectivity index (χ3n) is 6.65. The van der Waals surface area contributed by atoms with E-state index >= 15 is 0 Å². The Morgan fingerprint density at radius 1 is 1.32 bits per heavy atom. The molecule has 2 aromatic carbocycles. The number of fused-ring (bicyclic) bond motifs is 1. The molecule has 4 N–H and O–H groups in total. The van der Waals surface area contributed by atoms with Gasteiger partial charge in [0.1, 0.15) is 0 Å². The van der Waals surface area contributed by atoms with E-state index in [1.807, 2.05) is 18.2 Å². The average Bonchev–Trinajstić information content (AvgIpc) is 3.38. The first kappa shape index (κ1) is 25.9. The minimum Gasteiger partial charge on any atom is -0.494 e. The van der Waals surface area contributed by atoms with Gasteiger partial charge in [-0.15, -0.1) is 0 Å². The number of nitrogens with two attached hydrogens (primary N) is 1. The lowest BCUT2D eigenvalue weighted by Crippen LogP contribution is -2.44. The van der Waals surface area contributed by atoms with Crippen LogP contribution in [-0.4, -0.2) is 40.7 Å². The van der Waals surface area contributed by atoms with Gasteiger partial charge in [-0.1, -0.05) is 30.7 Å². The highest BCUT2D eigenvalue weighted by Gasteiger charge is 2.39. The summed E-state index contributed by atoms with van der Waals surface area (Å²) in [6, 6.07) is 9.34. The monoisotopic (exact) mass is 509 g/mol. The van der Waals surface area contributed by atoms with E-state index in [4.69, 9.17) is 15.3 Å². The summed E-state index contributed by atoms with van der Waals surface area (Å²) in [5.41, 5.74) is 3.41. The molecule has 4 rings (SSSR count). The van der Waals surface area contributed by atoms with Crippen molar-refractivity contribution in [3.8, 4) is 5.75 Å². The van der Waals surface area contributed by atoms with Crippen LogP contribution in [0.1, 0.15) is 44.2 Å². The van der Waals surface area contributed by atoms with Crippen molar-refractivity contribution in [2.45, 2.75) is 44.7 Å². The summed E-state index contributed by atoms with van der Waals surface area (Å²) in [6.07, 6.45) is 4.74. The zero-order valence-corrected chi connectivity index (χ0v) is 21.0. The lowest BCUT2D eigenvalue weighted by Gasteiger charge is -2.39. The lowest BCUT2D eigenvalue weighted by molar-refractivity contribution is -0.151. The molecule has 0 bridgehead atoms. The van der Waals surface area contributed by atoms with Gasteiger partial charge in [-0.25, -0.2) is 14.4 Å². The molecule has 1 aliphatic carbocycles. The Morgan fingerprint density at radius 2 is 2.14 bits per heavy atom. The first-order valence-corrected chi connectivity index (χ1v) is 12.3. The van der Waals surface area contributed by atoms with Crippen LogP contribution in [0.15, 0.2) is 65.4 Å². The van der Waals surface area contributed by atoms with E-state index in [0.29, 0.717) is 24.1 Å². The first-order chi connectivity index (χ1) is 18.0. The summed E-state index contributed by atoms with van der Waals surface area (Å²) in [5, 5.41) is 12.7. The summed E-state index contributed by atoms with van der Waals surface area (Å²) in [5.74, 6) is 4.40. The van der Waals surface area contributed by atoms with Crippen LogP contribution < -0.4 is 15.9 Å². The Hall–Kier alpha value is -4.15. The second kappa shape index (κ2) is 11.7. The van der Waals surface area contributed by atoms with E-state index in [2.05, 4.69) is 32.3 Å². The average molecular weight is 510 g/mol. The molecule has 3 atom stereocenters. The van der Waals surface area contributed by atoms with Crippen LogP contribution in [0.5, 0.6) is 5.75 Å². The first-order valence-electron chi connectivity index (χ1n) is 12.3. The Balaban J connectivity index is 1.73. The highest BCUT2D eigenvalue weighted by atomic mass is 19.1. The lowest BCUT2D eigenvalue weighted by atomic mass is 9.83. The second-order valence-electron chi connectivity index (χ2n) is 8.86. The molecule has 1 aromatic heterocycles. The zero-order valence-electron chi connectivity index (χ0n) is 21.0. The van der Waals surface area contributed by atoms with Gasteiger partial charge in [0, 0.05) is 5.69 Å². The quantitative estimate of drug-likeness (QED) is 0.151. The standard InChI is InChI=1S/C26H32FN7O3/c1-4-37-26(35)19-7-5-6-8-23(19)34(33-32-28)16(2)25(17-9-12-24(36-3)20(27)13-17)31-18-10-11-21-22(14-18)30-15-29-21/h9-15,19,23,25,31H,2,4-8H2,1,3H3,(H2,28,33)(H,29,30). The highest BCUT2D eigenvalue weighted by Crippen LogP contribution is 2.37. The van der Waals surface area contributed by atoms with Crippen LogP contribution in [0, 0.1) is 11.7 Å². The maximum Gasteiger partial charge on any atom is 0.311 e. The van der Waals surface area contributed by atoms with Crippen molar-refractivity contribution in [3.05, 3.63) is 66.4 Å². The fraction of sp³-hybridized carbons (Fsp3) is 0.385. The SMILES string of the molecule is C=C(C(Nc1ccc2[nH]cnc2c1)c1ccc(OC)c(F)c1)N(/N=N\N)C1CCCCC1C(=O)OCC. The minimum atomic E-state index is -0.646. The number of carbonyl (C=O) groups is 1. The maximum absolute atomic E-state index is 14.8. The Bertz CT molecular complexity index is 1280. The van der Waals surface area contributed by atoms with E-state index < -0.39 is 17.8 Å². The molecule has 37 heavy (non-hydrogen) atoms. The molecule has 10 nitrogen and oxygen atoms in total. The fourth-order valence-electron chi connectivity index (χ4n) is 4.86. The van der Waals surface area contributed by atoms with Crippen molar-refractivity contribution >= 4 is 22.7 Å². The Kier molecular flexibility index (Phi) is 8.22. The van der Waals surface area contributed by atoms with Crippen molar-refractivity contribution in [2.75, 3.05) is 19.0 Å². The number of nitrogens with zero attached hydrogens (tertiary/aromatic N) is 4. The van der Waals surface area contributed by atoms with Gasteiger partial charge >= 0.3 is 5.97 Å². The predicted molar refractivity (Wildman–Crippen MR) is 138 cm³/mol. The van der Waals surface area contributed by atoms with Crippen molar-refractivity contribution in [1.82, 2.24) is 15.0 Å². The van der Waals surface area contributed by atoms with Crippen LogP contribution in [-0.2, 0) is 9.53 Å². The van der Waals surface area contributed by atoms with Crippen molar-refractivity contribution in [2.24, 2.45) is 22.2 Å². The van der Waals surface area contributed by atoms with Gasteiger partial charge in [-0.2, -0.15) is 0 Å². The van der Waals surface area contributed by atoms with E-state index in [0.717, 1.165) is 29.6 Å². The second-order valence-corrected chi connectivity index (χ2v) is 8.86. The zero-order chi connectivity index (χ0) is 26.4. The predicted octanol–water partition coefficient (Wildman–Crippen LogP) is 5.04. The van der Waals surface area contributed by atoms with Crippen molar-refractivity contribution in [1.29, 1.82) is 0 Å². The number of imidazole rings is 1. The number of aromatic amines is 1. The number of anilines is 1. The third kappa shape index (κ3) is 5.65. The number of esters is 1. The van der Waals surface area contributed by atoms with E-state index in [1.54, 1.807) is 30.4 Å². The molecule has 1 aliphatic rings. The molecule has 196 valence electrons.